The summed E-state index contributed by atoms with van der Waals surface area (Å²) in [5, 5.41) is 7.77. The van der Waals surface area contributed by atoms with Gasteiger partial charge < -0.3 is 9.32 Å². The van der Waals surface area contributed by atoms with Crippen molar-refractivity contribution in [1.82, 2.24) is 15.1 Å². The summed E-state index contributed by atoms with van der Waals surface area (Å²) < 4.78 is 18.3. The fraction of sp³-hybridized carbons (Fsp3) is 0.308. The lowest BCUT2D eigenvalue weighted by atomic mass is 10.2. The normalized spacial score (nSPS) is 12.2. The molecule has 0 saturated heterocycles. The smallest absolute Gasteiger partial charge is 0.277 e. The maximum absolute atomic E-state index is 12.8. The van der Waals surface area contributed by atoms with Gasteiger partial charge in [0, 0.05) is 19.7 Å². The number of hydrogen-bond acceptors (Lipinski definition) is 5. The molecule has 7 heteroatoms. The van der Waals surface area contributed by atoms with E-state index in [4.69, 9.17) is 4.42 Å². The maximum atomic E-state index is 12.8. The summed E-state index contributed by atoms with van der Waals surface area (Å²) in [7, 11) is 3.38. The van der Waals surface area contributed by atoms with Crippen LogP contribution in [0.1, 0.15) is 6.92 Å². The molecule has 0 saturated carbocycles. The van der Waals surface area contributed by atoms with Crippen molar-refractivity contribution in [2.24, 2.45) is 0 Å². The second kappa shape index (κ2) is 6.04. The van der Waals surface area contributed by atoms with Gasteiger partial charge in [0.25, 0.3) is 5.22 Å². The summed E-state index contributed by atoms with van der Waals surface area (Å²) in [6.45, 7) is 1.77. The number of carbonyl (C=O) groups excluding carboxylic acids is 1. The van der Waals surface area contributed by atoms with Gasteiger partial charge in [-0.25, -0.2) is 4.39 Å². The van der Waals surface area contributed by atoms with Gasteiger partial charge >= 0.3 is 0 Å². The largest absolute Gasteiger partial charge is 0.411 e. The number of hydrogen-bond donors (Lipinski definition) is 0. The van der Waals surface area contributed by atoms with E-state index >= 15 is 0 Å². The van der Waals surface area contributed by atoms with Crippen LogP contribution in [-0.4, -0.2) is 40.3 Å². The number of amides is 1. The number of aromatic nitrogens is 2. The number of nitrogens with zero attached hydrogens (tertiary/aromatic N) is 3. The van der Waals surface area contributed by atoms with E-state index in [0.29, 0.717) is 16.7 Å². The van der Waals surface area contributed by atoms with Crippen molar-refractivity contribution < 1.29 is 13.6 Å². The van der Waals surface area contributed by atoms with Crippen molar-refractivity contribution in [2.45, 2.75) is 17.4 Å². The Bertz CT molecular complexity index is 598. The molecule has 0 aliphatic carbocycles. The maximum Gasteiger partial charge on any atom is 0.277 e. The second-order valence-electron chi connectivity index (χ2n) is 4.37. The van der Waals surface area contributed by atoms with Gasteiger partial charge in [0.1, 0.15) is 5.82 Å². The van der Waals surface area contributed by atoms with Crippen molar-refractivity contribution in [3.05, 3.63) is 30.1 Å². The standard InChI is InChI=1S/C13H14FN3O2S/c1-8(12(18)17(2)3)20-13-16-15-11(19-13)9-4-6-10(14)7-5-9/h4-8H,1-3H3/t8-/m1/s1. The van der Waals surface area contributed by atoms with Gasteiger partial charge in [0.2, 0.25) is 11.8 Å². The third-order valence-electron chi connectivity index (χ3n) is 2.56. The molecule has 0 spiro atoms. The molecule has 20 heavy (non-hydrogen) atoms. The van der Waals surface area contributed by atoms with Crippen LogP contribution in [0.25, 0.3) is 11.5 Å². The first-order valence-electron chi connectivity index (χ1n) is 5.94. The molecule has 0 bridgehead atoms. The van der Waals surface area contributed by atoms with E-state index in [1.165, 1.54) is 28.8 Å². The van der Waals surface area contributed by atoms with Gasteiger partial charge in [-0.3, -0.25) is 4.79 Å². The Balaban J connectivity index is 2.09. The highest BCUT2D eigenvalue weighted by Crippen LogP contribution is 2.26. The first-order chi connectivity index (χ1) is 9.47. The van der Waals surface area contributed by atoms with Crippen molar-refractivity contribution in [2.75, 3.05) is 14.1 Å². The molecule has 1 aromatic carbocycles. The summed E-state index contributed by atoms with van der Waals surface area (Å²) in [5.74, 6) is -0.0541. The number of carbonyl (C=O) groups is 1. The van der Waals surface area contributed by atoms with Crippen LogP contribution in [0, 0.1) is 5.82 Å². The van der Waals surface area contributed by atoms with E-state index < -0.39 is 0 Å². The van der Waals surface area contributed by atoms with Gasteiger partial charge in [0.15, 0.2) is 0 Å². The number of benzene rings is 1. The summed E-state index contributed by atoms with van der Waals surface area (Å²) in [6, 6.07) is 5.77. The lowest BCUT2D eigenvalue weighted by Gasteiger charge is -2.14. The predicted molar refractivity (Wildman–Crippen MR) is 73.7 cm³/mol. The van der Waals surface area contributed by atoms with Gasteiger partial charge in [0.05, 0.1) is 5.25 Å². The third kappa shape index (κ3) is 3.36. The predicted octanol–water partition coefficient (Wildman–Crippen LogP) is 2.44. The van der Waals surface area contributed by atoms with Crippen LogP contribution in [0.15, 0.2) is 33.9 Å². The Kier molecular flexibility index (Phi) is 4.39. The Hall–Kier alpha value is -1.89. The highest BCUT2D eigenvalue weighted by Gasteiger charge is 2.19. The van der Waals surface area contributed by atoms with Crippen LogP contribution in [0.3, 0.4) is 0 Å². The Morgan fingerprint density at radius 2 is 1.95 bits per heavy atom. The van der Waals surface area contributed by atoms with Crippen LogP contribution < -0.4 is 0 Å². The molecule has 0 radical (unpaired) electrons. The summed E-state index contributed by atoms with van der Waals surface area (Å²) in [5.41, 5.74) is 0.636. The van der Waals surface area contributed by atoms with Gasteiger partial charge in [-0.15, -0.1) is 10.2 Å². The number of thioether (sulfide) groups is 1. The molecule has 1 atom stereocenters. The van der Waals surface area contributed by atoms with E-state index in [-0.39, 0.29) is 17.0 Å². The quantitative estimate of drug-likeness (QED) is 0.811. The molecule has 0 fully saturated rings. The van der Waals surface area contributed by atoms with E-state index in [1.54, 1.807) is 33.2 Å². The van der Waals surface area contributed by atoms with Crippen LogP contribution in [0.4, 0.5) is 4.39 Å². The highest BCUT2D eigenvalue weighted by atomic mass is 32.2. The monoisotopic (exact) mass is 295 g/mol. The summed E-state index contributed by atoms with van der Waals surface area (Å²) >= 11 is 1.19. The molecule has 1 aromatic heterocycles. The zero-order chi connectivity index (χ0) is 14.7. The van der Waals surface area contributed by atoms with E-state index in [1.807, 2.05) is 0 Å². The van der Waals surface area contributed by atoms with Crippen LogP contribution in [0.5, 0.6) is 0 Å². The molecule has 5 nitrogen and oxygen atoms in total. The Morgan fingerprint density at radius 3 is 2.55 bits per heavy atom. The minimum Gasteiger partial charge on any atom is -0.411 e. The average Bonchev–Trinajstić information content (AvgIpc) is 2.87. The first-order valence-corrected chi connectivity index (χ1v) is 6.82. The molecule has 2 rings (SSSR count). The van der Waals surface area contributed by atoms with Crippen molar-refractivity contribution in [3.63, 3.8) is 0 Å². The molecule has 1 heterocycles. The molecule has 2 aromatic rings. The van der Waals surface area contributed by atoms with Crippen molar-refractivity contribution >= 4 is 17.7 Å². The molecule has 0 N–H and O–H groups in total. The Morgan fingerprint density at radius 1 is 1.30 bits per heavy atom. The summed E-state index contributed by atoms with van der Waals surface area (Å²) in [6.07, 6.45) is 0. The zero-order valence-electron chi connectivity index (χ0n) is 11.3. The van der Waals surface area contributed by atoms with E-state index in [2.05, 4.69) is 10.2 Å². The SMILES string of the molecule is C[C@@H](Sc1nnc(-c2ccc(F)cc2)o1)C(=O)N(C)C. The second-order valence-corrected chi connectivity index (χ2v) is 5.66. The molecule has 106 valence electrons. The van der Waals surface area contributed by atoms with E-state index in [9.17, 15) is 9.18 Å². The molecular formula is C13H14FN3O2S. The van der Waals surface area contributed by atoms with E-state index in [0.717, 1.165) is 0 Å². The minimum absolute atomic E-state index is 0.0310. The zero-order valence-corrected chi connectivity index (χ0v) is 12.1. The van der Waals surface area contributed by atoms with Gasteiger partial charge in [-0.2, -0.15) is 0 Å². The molecule has 1 amide bonds. The van der Waals surface area contributed by atoms with Crippen LogP contribution in [0.2, 0.25) is 0 Å². The average molecular weight is 295 g/mol. The molecule has 0 aliphatic heterocycles. The van der Waals surface area contributed by atoms with Gasteiger partial charge in [-0.05, 0) is 31.2 Å². The third-order valence-corrected chi connectivity index (χ3v) is 3.49. The number of rotatable bonds is 4. The van der Waals surface area contributed by atoms with Crippen molar-refractivity contribution in [3.8, 4) is 11.5 Å². The fourth-order valence-corrected chi connectivity index (χ4v) is 2.36. The van der Waals surface area contributed by atoms with Crippen molar-refractivity contribution in [1.29, 1.82) is 0 Å². The lowest BCUT2D eigenvalue weighted by Crippen LogP contribution is -2.29. The first kappa shape index (κ1) is 14.5. The number of halogens is 1. The van der Waals surface area contributed by atoms with Gasteiger partial charge in [-0.1, -0.05) is 11.8 Å². The molecule has 0 unspecified atom stereocenters. The molecular weight excluding hydrogens is 281 g/mol. The van der Waals surface area contributed by atoms with Crippen LogP contribution in [-0.2, 0) is 4.79 Å². The minimum atomic E-state index is -0.326. The van der Waals surface area contributed by atoms with Crippen LogP contribution >= 0.6 is 11.8 Å². The molecule has 0 aliphatic rings. The summed E-state index contributed by atoms with van der Waals surface area (Å²) in [4.78, 5) is 13.2. The fourth-order valence-electron chi connectivity index (χ4n) is 1.53. The lowest BCUT2D eigenvalue weighted by molar-refractivity contribution is -0.127. The Labute approximate surface area is 120 Å². The topological polar surface area (TPSA) is 59.2 Å². The highest BCUT2D eigenvalue weighted by molar-refractivity contribution is 8.00.